The molecule has 0 saturated carbocycles. The Morgan fingerprint density at radius 2 is 1.14 bits per heavy atom. The van der Waals surface area contributed by atoms with E-state index in [-0.39, 0.29) is 10.1 Å². The normalized spacial score (nSPS) is 14.4. The first-order valence-corrected chi connectivity index (χ1v) is 14.4. The van der Waals surface area contributed by atoms with Crippen LogP contribution in [0.2, 0.25) is 29.7 Å². The van der Waals surface area contributed by atoms with Gasteiger partial charge in [0.25, 0.3) is 0 Å². The van der Waals surface area contributed by atoms with E-state index in [4.69, 9.17) is 11.1 Å². The third-order valence-electron chi connectivity index (χ3n) is 4.41. The Bertz CT molecular complexity index is 499. The average Bonchev–Trinajstić information content (AvgIpc) is 2.22. The molecule has 0 N–H and O–H groups in total. The van der Waals surface area contributed by atoms with Crippen LogP contribution in [0.5, 0.6) is 0 Å². The van der Waals surface area contributed by atoms with Gasteiger partial charge in [0, 0.05) is 0 Å². The molecule has 21 heavy (non-hydrogen) atoms. The molecule has 0 fully saturated rings. The van der Waals surface area contributed by atoms with Crippen molar-refractivity contribution in [1.29, 1.82) is 0 Å². The predicted molar refractivity (Wildman–Crippen MR) is 105 cm³/mol. The Morgan fingerprint density at radius 3 is 1.48 bits per heavy atom. The van der Waals surface area contributed by atoms with Crippen LogP contribution in [0.25, 0.3) is 0 Å². The fourth-order valence-corrected chi connectivity index (χ4v) is 9.89. The fourth-order valence-electron chi connectivity index (χ4n) is 3.41. The van der Waals surface area contributed by atoms with Gasteiger partial charge in [0.2, 0.25) is 0 Å². The van der Waals surface area contributed by atoms with Crippen molar-refractivity contribution in [3.63, 3.8) is 0 Å². The van der Waals surface area contributed by atoms with Gasteiger partial charge >= 0.3 is 0 Å². The van der Waals surface area contributed by atoms with Crippen LogP contribution in [0.15, 0.2) is 18.2 Å². The van der Waals surface area contributed by atoms with Crippen molar-refractivity contribution in [2.75, 3.05) is 0 Å². The van der Waals surface area contributed by atoms with E-state index in [1.165, 1.54) is 15.9 Å². The molecular weight excluding hydrogens is 308 g/mol. The summed E-state index contributed by atoms with van der Waals surface area (Å²) >= 11 is 7.47. The smallest absolute Gasteiger partial charge is 0.160 e. The summed E-state index contributed by atoms with van der Waals surface area (Å²) in [5, 5.41) is 3.19. The molecule has 0 nitrogen and oxygen atoms in total. The van der Waals surface area contributed by atoms with Gasteiger partial charge in [0.15, 0.2) is 7.38 Å². The van der Waals surface area contributed by atoms with Crippen LogP contribution in [0.1, 0.15) is 47.1 Å². The Kier molecular flexibility index (Phi) is 5.01. The highest BCUT2D eigenvalue weighted by molar-refractivity contribution is 7.30. The van der Waals surface area contributed by atoms with E-state index in [0.29, 0.717) is 0 Å². The summed E-state index contributed by atoms with van der Waals surface area (Å²) in [5.74, 6) is 0. The zero-order valence-electron chi connectivity index (χ0n) is 15.6. The molecule has 3 heteroatoms. The lowest BCUT2D eigenvalue weighted by Gasteiger charge is -2.47. The van der Waals surface area contributed by atoms with E-state index in [1.807, 2.05) is 0 Å². The first-order chi connectivity index (χ1) is 9.10. The Balaban J connectivity index is 3.66. The highest BCUT2D eigenvalue weighted by atomic mass is 35.6. The molecule has 0 amide bonds. The van der Waals surface area contributed by atoms with E-state index in [0.717, 1.165) is 0 Å². The molecule has 0 heterocycles. The summed E-state index contributed by atoms with van der Waals surface area (Å²) in [5.41, 5.74) is 1.36. The Morgan fingerprint density at radius 1 is 0.762 bits per heavy atom. The number of hydrogen-bond donors (Lipinski definition) is 0. The quantitative estimate of drug-likeness (QED) is 0.490. The fraction of sp³-hybridized carbons (Fsp3) is 0.667. The molecule has 0 bridgehead atoms. The van der Waals surface area contributed by atoms with Crippen LogP contribution < -0.4 is 10.4 Å². The van der Waals surface area contributed by atoms with Crippen LogP contribution in [0, 0.1) is 6.92 Å². The molecule has 0 radical (unpaired) electrons. The summed E-state index contributed by atoms with van der Waals surface area (Å²) in [7, 11) is -3.51. The molecule has 1 aromatic carbocycles. The third-order valence-corrected chi connectivity index (χ3v) is 15.7. The van der Waals surface area contributed by atoms with Crippen molar-refractivity contribution in [3.05, 3.63) is 23.8 Å². The van der Waals surface area contributed by atoms with Crippen LogP contribution in [0.4, 0.5) is 0 Å². The molecule has 120 valence electrons. The van der Waals surface area contributed by atoms with Crippen LogP contribution in [0.3, 0.4) is 0 Å². The second kappa shape index (κ2) is 5.54. The molecule has 0 aromatic heterocycles. The van der Waals surface area contributed by atoms with Gasteiger partial charge in [-0.3, -0.25) is 0 Å². The van der Waals surface area contributed by atoms with Crippen molar-refractivity contribution < 1.29 is 0 Å². The average molecular weight is 341 g/mol. The largest absolute Gasteiger partial charge is 0.197 e. The van der Waals surface area contributed by atoms with Gasteiger partial charge in [-0.15, -0.1) is 0 Å². The Labute approximate surface area is 139 Å². The zero-order valence-corrected chi connectivity index (χ0v) is 18.4. The number of hydrogen-bond acceptors (Lipinski definition) is 0. The summed E-state index contributed by atoms with van der Waals surface area (Å²) in [6.45, 7) is 23.3. The van der Waals surface area contributed by atoms with E-state index < -0.39 is 15.5 Å². The van der Waals surface area contributed by atoms with Crippen LogP contribution >= 0.6 is 11.1 Å². The van der Waals surface area contributed by atoms with Crippen LogP contribution in [-0.2, 0) is 0 Å². The summed E-state index contributed by atoms with van der Waals surface area (Å²) < 4.78 is 0. The lowest BCUT2D eigenvalue weighted by Crippen LogP contribution is -2.58. The maximum atomic E-state index is 7.47. The molecule has 0 aliphatic heterocycles. The molecule has 0 atom stereocenters. The molecule has 1 aromatic rings. The van der Waals surface area contributed by atoms with Crippen molar-refractivity contribution in [3.8, 4) is 0 Å². The molecular formula is C18H33ClSi2. The van der Waals surface area contributed by atoms with E-state index in [2.05, 4.69) is 86.3 Å². The molecule has 1 rings (SSSR count). The second-order valence-electron chi connectivity index (χ2n) is 9.50. The topological polar surface area (TPSA) is 0 Å². The van der Waals surface area contributed by atoms with Crippen molar-refractivity contribution in [2.45, 2.75) is 78.2 Å². The molecule has 0 aliphatic carbocycles. The van der Waals surface area contributed by atoms with Crippen LogP contribution in [-0.4, -0.2) is 15.5 Å². The summed E-state index contributed by atoms with van der Waals surface area (Å²) in [6, 6.07) is 7.15. The van der Waals surface area contributed by atoms with Gasteiger partial charge in [-0.05, 0) is 22.2 Å². The van der Waals surface area contributed by atoms with Crippen molar-refractivity contribution >= 4 is 36.9 Å². The van der Waals surface area contributed by atoms with Gasteiger partial charge in [0.05, 0.1) is 8.07 Å². The Hall–Kier alpha value is -0.0562. The number of aryl methyl sites for hydroxylation is 1. The summed E-state index contributed by atoms with van der Waals surface area (Å²) in [4.78, 5) is 0. The standard InChI is InChI=1S/C18H33ClSi2/c1-14-11-15(20(8,9)10)13-16(12-14)21(19,17(2,3)4)18(5,6)7/h11-13H,1-10H3. The van der Waals surface area contributed by atoms with Gasteiger partial charge in [-0.1, -0.05) is 90.1 Å². The first-order valence-electron chi connectivity index (χ1n) is 7.92. The van der Waals surface area contributed by atoms with Gasteiger partial charge in [0.1, 0.15) is 0 Å². The highest BCUT2D eigenvalue weighted by Gasteiger charge is 2.53. The lowest BCUT2D eigenvalue weighted by atomic mass is 10.2. The van der Waals surface area contributed by atoms with Gasteiger partial charge in [-0.2, -0.15) is 11.1 Å². The maximum absolute atomic E-state index is 7.47. The minimum absolute atomic E-state index is 0.122. The third kappa shape index (κ3) is 3.65. The van der Waals surface area contributed by atoms with Crippen molar-refractivity contribution in [2.24, 2.45) is 0 Å². The van der Waals surface area contributed by atoms with Crippen molar-refractivity contribution in [1.82, 2.24) is 0 Å². The van der Waals surface area contributed by atoms with Gasteiger partial charge in [-0.25, -0.2) is 0 Å². The maximum Gasteiger partial charge on any atom is 0.197 e. The van der Waals surface area contributed by atoms with E-state index >= 15 is 0 Å². The minimum Gasteiger partial charge on any atom is -0.160 e. The SMILES string of the molecule is Cc1cc([Si](C)(C)C)cc([Si](Cl)(C(C)(C)C)C(C)(C)C)c1. The predicted octanol–water partition coefficient (Wildman–Crippen LogP) is 5.53. The number of rotatable bonds is 2. The molecule has 0 saturated heterocycles. The highest BCUT2D eigenvalue weighted by Crippen LogP contribution is 2.52. The number of benzene rings is 1. The first kappa shape index (κ1) is 19.0. The number of halogens is 1. The molecule has 0 aliphatic rings. The molecule has 0 unspecified atom stereocenters. The van der Waals surface area contributed by atoms with E-state index in [1.54, 1.807) is 0 Å². The lowest BCUT2D eigenvalue weighted by molar-refractivity contribution is 0.644. The summed E-state index contributed by atoms with van der Waals surface area (Å²) in [6.07, 6.45) is 0. The second-order valence-corrected chi connectivity index (χ2v) is 21.2. The molecule has 0 spiro atoms. The zero-order chi connectivity index (χ0) is 16.9. The van der Waals surface area contributed by atoms with Gasteiger partial charge < -0.3 is 0 Å². The van der Waals surface area contributed by atoms with E-state index in [9.17, 15) is 0 Å². The monoisotopic (exact) mass is 340 g/mol. The minimum atomic E-state index is -2.18.